The summed E-state index contributed by atoms with van der Waals surface area (Å²) in [6, 6.07) is 6.62. The van der Waals surface area contributed by atoms with Crippen LogP contribution in [0, 0.1) is 5.41 Å². The number of sulfone groups is 1. The van der Waals surface area contributed by atoms with Crippen molar-refractivity contribution in [3.63, 3.8) is 0 Å². The Labute approximate surface area is 128 Å². The van der Waals surface area contributed by atoms with Crippen LogP contribution in [0.1, 0.15) is 45.7 Å². The van der Waals surface area contributed by atoms with Crippen molar-refractivity contribution in [1.29, 1.82) is 0 Å². The molecule has 0 N–H and O–H groups in total. The summed E-state index contributed by atoms with van der Waals surface area (Å²) in [6.45, 7) is 8.04. The highest BCUT2D eigenvalue weighted by atomic mass is 32.2. The molecule has 1 atom stereocenters. The fourth-order valence-corrected chi connectivity index (χ4v) is 2.64. The Hall–Kier alpha value is -1.36. The quantitative estimate of drug-likeness (QED) is 0.859. The second-order valence-electron chi connectivity index (χ2n) is 6.76. The van der Waals surface area contributed by atoms with Gasteiger partial charge in [-0.25, -0.2) is 8.42 Å². The fourth-order valence-electron chi connectivity index (χ4n) is 2.01. The van der Waals surface area contributed by atoms with Gasteiger partial charge in [0.15, 0.2) is 9.84 Å². The summed E-state index contributed by atoms with van der Waals surface area (Å²) >= 11 is 0. The van der Waals surface area contributed by atoms with E-state index in [9.17, 15) is 13.2 Å². The van der Waals surface area contributed by atoms with Crippen LogP contribution in [0.15, 0.2) is 29.2 Å². The maximum Gasteiger partial charge on any atom is 0.223 e. The zero-order valence-electron chi connectivity index (χ0n) is 13.7. The smallest absolute Gasteiger partial charge is 0.223 e. The molecule has 0 spiro atoms. The number of rotatable bonds is 4. The lowest BCUT2D eigenvalue weighted by Crippen LogP contribution is -2.32. The van der Waals surface area contributed by atoms with Crippen molar-refractivity contribution >= 4 is 15.7 Å². The first-order valence-electron chi connectivity index (χ1n) is 6.97. The number of amides is 1. The summed E-state index contributed by atoms with van der Waals surface area (Å²) in [4.78, 5) is 14.2. The molecule has 1 aromatic rings. The third-order valence-corrected chi connectivity index (χ3v) is 4.58. The molecule has 0 aliphatic heterocycles. The Balaban J connectivity index is 2.88. The number of nitrogens with zero attached hydrogens (tertiary/aromatic N) is 1. The first-order chi connectivity index (χ1) is 9.42. The van der Waals surface area contributed by atoms with Crippen LogP contribution in [0.4, 0.5) is 0 Å². The van der Waals surface area contributed by atoms with Crippen molar-refractivity contribution in [2.75, 3.05) is 13.3 Å². The number of hydrogen-bond donors (Lipinski definition) is 0. The third kappa shape index (κ3) is 5.16. The molecule has 4 nitrogen and oxygen atoms in total. The van der Waals surface area contributed by atoms with E-state index in [1.165, 1.54) is 6.26 Å². The maximum atomic E-state index is 12.2. The van der Waals surface area contributed by atoms with Gasteiger partial charge in [-0.2, -0.15) is 0 Å². The zero-order chi connectivity index (χ0) is 16.4. The van der Waals surface area contributed by atoms with Crippen molar-refractivity contribution in [3.8, 4) is 0 Å². The van der Waals surface area contributed by atoms with Gasteiger partial charge in [0.1, 0.15) is 0 Å². The topological polar surface area (TPSA) is 54.5 Å². The SMILES string of the molecule is CC(c1ccc(S(C)(=O)=O)cc1)N(C)C(=O)CC(C)(C)C. The molecule has 1 unspecified atom stereocenters. The second-order valence-corrected chi connectivity index (χ2v) is 8.77. The van der Waals surface area contributed by atoms with Gasteiger partial charge in [0.25, 0.3) is 0 Å². The van der Waals surface area contributed by atoms with Gasteiger partial charge in [-0.05, 0) is 30.0 Å². The Morgan fingerprint density at radius 1 is 1.19 bits per heavy atom. The molecule has 0 radical (unpaired) electrons. The van der Waals surface area contributed by atoms with Crippen LogP contribution >= 0.6 is 0 Å². The molecule has 1 aromatic carbocycles. The van der Waals surface area contributed by atoms with Crippen LogP contribution in [-0.4, -0.2) is 32.5 Å². The molecule has 0 aliphatic rings. The van der Waals surface area contributed by atoms with E-state index in [1.54, 1.807) is 36.2 Å². The van der Waals surface area contributed by atoms with E-state index in [-0.39, 0.29) is 17.4 Å². The van der Waals surface area contributed by atoms with Crippen LogP contribution in [0.5, 0.6) is 0 Å². The lowest BCUT2D eigenvalue weighted by Gasteiger charge is -2.28. The van der Waals surface area contributed by atoms with Crippen molar-refractivity contribution in [3.05, 3.63) is 29.8 Å². The Kier molecular flexibility index (Phi) is 5.20. The molecule has 0 saturated carbocycles. The summed E-state index contributed by atoms with van der Waals surface area (Å²) in [5.74, 6) is 0.0854. The van der Waals surface area contributed by atoms with Gasteiger partial charge in [-0.1, -0.05) is 32.9 Å². The lowest BCUT2D eigenvalue weighted by atomic mass is 9.91. The van der Waals surface area contributed by atoms with Crippen LogP contribution in [0.3, 0.4) is 0 Å². The van der Waals surface area contributed by atoms with E-state index in [1.807, 2.05) is 27.7 Å². The third-order valence-electron chi connectivity index (χ3n) is 3.45. The average molecular weight is 311 g/mol. The number of benzene rings is 1. The lowest BCUT2D eigenvalue weighted by molar-refractivity contribution is -0.133. The van der Waals surface area contributed by atoms with Gasteiger partial charge < -0.3 is 4.90 Å². The highest BCUT2D eigenvalue weighted by Crippen LogP contribution is 2.25. The largest absolute Gasteiger partial charge is 0.339 e. The predicted octanol–water partition coefficient (Wildman–Crippen LogP) is 3.05. The van der Waals surface area contributed by atoms with Gasteiger partial charge in [-0.15, -0.1) is 0 Å². The Morgan fingerprint density at radius 3 is 2.05 bits per heavy atom. The van der Waals surface area contributed by atoms with Gasteiger partial charge in [0.05, 0.1) is 10.9 Å². The molecular formula is C16H25NO3S. The number of carbonyl (C=O) groups excluding carboxylic acids is 1. The van der Waals surface area contributed by atoms with Gasteiger partial charge in [0.2, 0.25) is 5.91 Å². The summed E-state index contributed by atoms with van der Waals surface area (Å²) in [7, 11) is -1.41. The van der Waals surface area contributed by atoms with Crippen molar-refractivity contribution in [2.24, 2.45) is 5.41 Å². The molecular weight excluding hydrogens is 286 g/mol. The molecule has 118 valence electrons. The first kappa shape index (κ1) is 17.7. The minimum atomic E-state index is -3.19. The summed E-state index contributed by atoms with van der Waals surface area (Å²) in [5.41, 5.74) is 0.873. The molecule has 0 aromatic heterocycles. The van der Waals surface area contributed by atoms with E-state index in [4.69, 9.17) is 0 Å². The van der Waals surface area contributed by atoms with Crippen LogP contribution in [0.25, 0.3) is 0 Å². The molecule has 21 heavy (non-hydrogen) atoms. The van der Waals surface area contributed by atoms with E-state index >= 15 is 0 Å². The van der Waals surface area contributed by atoms with E-state index < -0.39 is 9.84 Å². The van der Waals surface area contributed by atoms with Crippen molar-refractivity contribution < 1.29 is 13.2 Å². The summed E-state index contributed by atoms with van der Waals surface area (Å²) < 4.78 is 22.9. The minimum Gasteiger partial charge on any atom is -0.339 e. The monoisotopic (exact) mass is 311 g/mol. The zero-order valence-corrected chi connectivity index (χ0v) is 14.5. The molecule has 1 amide bonds. The fraction of sp³-hybridized carbons (Fsp3) is 0.562. The predicted molar refractivity (Wildman–Crippen MR) is 84.8 cm³/mol. The summed E-state index contributed by atoms with van der Waals surface area (Å²) in [6.07, 6.45) is 1.67. The highest BCUT2D eigenvalue weighted by molar-refractivity contribution is 7.90. The Bertz CT molecular complexity index is 597. The molecule has 0 saturated heterocycles. The maximum absolute atomic E-state index is 12.2. The van der Waals surface area contributed by atoms with Gasteiger partial charge in [-0.3, -0.25) is 4.79 Å². The van der Waals surface area contributed by atoms with Crippen LogP contribution in [-0.2, 0) is 14.6 Å². The Morgan fingerprint density at radius 2 is 1.67 bits per heavy atom. The molecule has 1 rings (SSSR count). The average Bonchev–Trinajstić information content (AvgIpc) is 2.34. The summed E-state index contributed by atoms with van der Waals surface area (Å²) in [5, 5.41) is 0. The second kappa shape index (κ2) is 6.18. The standard InChI is InChI=1S/C16H25NO3S/c1-12(17(5)15(18)11-16(2,3)4)13-7-9-14(10-8-13)21(6,19)20/h7-10,12H,11H2,1-6H3. The minimum absolute atomic E-state index is 0.0504. The molecule has 5 heteroatoms. The van der Waals surface area contributed by atoms with Crippen molar-refractivity contribution in [2.45, 2.75) is 45.1 Å². The van der Waals surface area contributed by atoms with Crippen LogP contribution < -0.4 is 0 Å². The molecule has 0 fully saturated rings. The van der Waals surface area contributed by atoms with Crippen LogP contribution in [0.2, 0.25) is 0 Å². The normalized spacial score (nSPS) is 13.8. The van der Waals surface area contributed by atoms with Gasteiger partial charge >= 0.3 is 0 Å². The number of hydrogen-bond acceptors (Lipinski definition) is 3. The molecule has 0 aliphatic carbocycles. The first-order valence-corrected chi connectivity index (χ1v) is 8.86. The van der Waals surface area contributed by atoms with E-state index in [0.717, 1.165) is 5.56 Å². The van der Waals surface area contributed by atoms with Gasteiger partial charge in [0, 0.05) is 19.7 Å². The molecule has 0 bridgehead atoms. The highest BCUT2D eigenvalue weighted by Gasteiger charge is 2.23. The van der Waals surface area contributed by atoms with Crippen molar-refractivity contribution in [1.82, 2.24) is 4.90 Å². The van der Waals surface area contributed by atoms with E-state index in [2.05, 4.69) is 0 Å². The molecule has 0 heterocycles. The number of carbonyl (C=O) groups is 1. The van der Waals surface area contributed by atoms with E-state index in [0.29, 0.717) is 11.3 Å².